The Hall–Kier alpha value is -2.17. The SMILES string of the molecule is CC1CC(N[C@@H](Cc2ccccc2)C(=O)O)CN(Cc2ccccc2)C1. The largest absolute Gasteiger partial charge is 0.480 e. The second kappa shape index (κ2) is 8.97. The number of nitrogens with zero attached hydrogens (tertiary/aromatic N) is 1. The number of nitrogens with one attached hydrogen (secondary N) is 1. The van der Waals surface area contributed by atoms with Crippen molar-refractivity contribution in [3.8, 4) is 0 Å². The van der Waals surface area contributed by atoms with Crippen LogP contribution in [0, 0.1) is 5.92 Å². The molecule has 0 saturated carbocycles. The van der Waals surface area contributed by atoms with Crippen LogP contribution in [0.5, 0.6) is 0 Å². The Balaban J connectivity index is 1.61. The van der Waals surface area contributed by atoms with Crippen LogP contribution in [-0.2, 0) is 17.8 Å². The first-order valence-corrected chi connectivity index (χ1v) is 9.39. The summed E-state index contributed by atoms with van der Waals surface area (Å²) in [5.74, 6) is -0.224. The third kappa shape index (κ3) is 5.41. The van der Waals surface area contributed by atoms with Gasteiger partial charge in [-0.3, -0.25) is 9.69 Å². The molecule has 2 aromatic carbocycles. The van der Waals surface area contributed by atoms with Crippen molar-refractivity contribution in [3.63, 3.8) is 0 Å². The van der Waals surface area contributed by atoms with E-state index in [4.69, 9.17) is 0 Å². The van der Waals surface area contributed by atoms with Crippen molar-refractivity contribution in [1.82, 2.24) is 10.2 Å². The molecule has 3 rings (SSSR count). The summed E-state index contributed by atoms with van der Waals surface area (Å²) in [6, 6.07) is 20.0. The lowest BCUT2D eigenvalue weighted by Gasteiger charge is -2.38. The molecule has 0 amide bonds. The Labute approximate surface area is 155 Å². The second-order valence-electron chi connectivity index (χ2n) is 7.46. The van der Waals surface area contributed by atoms with Crippen molar-refractivity contribution in [3.05, 3.63) is 71.8 Å². The maximum atomic E-state index is 11.8. The van der Waals surface area contributed by atoms with E-state index < -0.39 is 12.0 Å². The molecule has 1 heterocycles. The lowest BCUT2D eigenvalue weighted by atomic mass is 9.94. The molecule has 0 bridgehead atoms. The molecule has 0 aliphatic carbocycles. The average Bonchev–Trinajstić information content (AvgIpc) is 2.62. The Morgan fingerprint density at radius 1 is 1.08 bits per heavy atom. The van der Waals surface area contributed by atoms with Crippen LogP contribution < -0.4 is 5.32 Å². The Bertz CT molecular complexity index is 690. The minimum Gasteiger partial charge on any atom is -0.480 e. The zero-order valence-electron chi connectivity index (χ0n) is 15.3. The number of rotatable bonds is 7. The average molecular weight is 352 g/mol. The molecule has 2 N–H and O–H groups in total. The lowest BCUT2D eigenvalue weighted by molar-refractivity contribution is -0.139. The zero-order valence-corrected chi connectivity index (χ0v) is 15.3. The van der Waals surface area contributed by atoms with Crippen LogP contribution in [0.15, 0.2) is 60.7 Å². The molecule has 26 heavy (non-hydrogen) atoms. The topological polar surface area (TPSA) is 52.6 Å². The van der Waals surface area contributed by atoms with Gasteiger partial charge in [0.2, 0.25) is 0 Å². The monoisotopic (exact) mass is 352 g/mol. The van der Waals surface area contributed by atoms with Crippen LogP contribution in [0.3, 0.4) is 0 Å². The molecule has 1 aliphatic rings. The first kappa shape index (κ1) is 18.6. The highest BCUT2D eigenvalue weighted by atomic mass is 16.4. The third-order valence-corrected chi connectivity index (χ3v) is 5.00. The van der Waals surface area contributed by atoms with E-state index in [-0.39, 0.29) is 6.04 Å². The quantitative estimate of drug-likeness (QED) is 0.804. The molecular weight excluding hydrogens is 324 g/mol. The first-order chi connectivity index (χ1) is 12.6. The van der Waals surface area contributed by atoms with Crippen molar-refractivity contribution in [2.45, 2.75) is 38.4 Å². The summed E-state index contributed by atoms with van der Waals surface area (Å²) in [6.07, 6.45) is 1.53. The smallest absolute Gasteiger partial charge is 0.321 e. The molecule has 138 valence electrons. The molecule has 1 fully saturated rings. The Kier molecular flexibility index (Phi) is 6.42. The van der Waals surface area contributed by atoms with Crippen LogP contribution >= 0.6 is 0 Å². The van der Waals surface area contributed by atoms with Crippen molar-refractivity contribution in [1.29, 1.82) is 0 Å². The molecule has 1 aliphatic heterocycles. The van der Waals surface area contributed by atoms with Gasteiger partial charge in [-0.15, -0.1) is 0 Å². The lowest BCUT2D eigenvalue weighted by Crippen LogP contribution is -2.53. The number of hydrogen-bond donors (Lipinski definition) is 2. The van der Waals surface area contributed by atoms with Crippen LogP contribution in [0.1, 0.15) is 24.5 Å². The molecule has 1 saturated heterocycles. The van der Waals surface area contributed by atoms with E-state index in [9.17, 15) is 9.90 Å². The molecule has 4 nitrogen and oxygen atoms in total. The molecule has 0 radical (unpaired) electrons. The van der Waals surface area contributed by atoms with E-state index in [1.165, 1.54) is 5.56 Å². The maximum Gasteiger partial charge on any atom is 0.321 e. The van der Waals surface area contributed by atoms with E-state index in [1.807, 2.05) is 36.4 Å². The molecular formula is C22H28N2O2. The van der Waals surface area contributed by atoms with E-state index >= 15 is 0 Å². The van der Waals surface area contributed by atoms with Crippen molar-refractivity contribution < 1.29 is 9.90 Å². The summed E-state index contributed by atoms with van der Waals surface area (Å²) in [6.45, 7) is 5.11. The molecule has 0 spiro atoms. The highest BCUT2D eigenvalue weighted by Gasteiger charge is 2.28. The van der Waals surface area contributed by atoms with E-state index in [0.29, 0.717) is 12.3 Å². The molecule has 2 aromatic rings. The number of likely N-dealkylation sites (tertiary alicyclic amines) is 1. The van der Waals surface area contributed by atoms with Gasteiger partial charge in [-0.25, -0.2) is 0 Å². The normalized spacial score (nSPS) is 22.0. The summed E-state index contributed by atoms with van der Waals surface area (Å²) in [4.78, 5) is 14.2. The summed E-state index contributed by atoms with van der Waals surface area (Å²) in [5, 5.41) is 13.1. The van der Waals surface area contributed by atoms with Crippen molar-refractivity contribution in [2.24, 2.45) is 5.92 Å². The van der Waals surface area contributed by atoms with Gasteiger partial charge in [0.1, 0.15) is 6.04 Å². The third-order valence-electron chi connectivity index (χ3n) is 5.00. The minimum atomic E-state index is -0.776. The zero-order chi connectivity index (χ0) is 18.4. The highest BCUT2D eigenvalue weighted by Crippen LogP contribution is 2.19. The van der Waals surface area contributed by atoms with Gasteiger partial charge >= 0.3 is 5.97 Å². The first-order valence-electron chi connectivity index (χ1n) is 9.39. The van der Waals surface area contributed by atoms with Crippen LogP contribution in [0.4, 0.5) is 0 Å². The number of benzene rings is 2. The predicted molar refractivity (Wildman–Crippen MR) is 104 cm³/mol. The number of carboxylic acids is 1. The van der Waals surface area contributed by atoms with Crippen LogP contribution in [0.2, 0.25) is 0 Å². The van der Waals surface area contributed by atoms with Crippen molar-refractivity contribution in [2.75, 3.05) is 13.1 Å². The Morgan fingerprint density at radius 3 is 2.31 bits per heavy atom. The van der Waals surface area contributed by atoms with Gasteiger partial charge in [0.05, 0.1) is 0 Å². The summed E-state index contributed by atoms with van der Waals surface area (Å²) in [5.41, 5.74) is 2.36. The van der Waals surface area contributed by atoms with Gasteiger partial charge < -0.3 is 10.4 Å². The fraction of sp³-hybridized carbons (Fsp3) is 0.409. The number of carboxylic acid groups (broad SMARTS) is 1. The number of hydrogen-bond acceptors (Lipinski definition) is 3. The summed E-state index contributed by atoms with van der Waals surface area (Å²) < 4.78 is 0. The van der Waals surface area contributed by atoms with E-state index in [2.05, 4.69) is 41.4 Å². The van der Waals surface area contributed by atoms with Gasteiger partial charge in [0, 0.05) is 25.7 Å². The standard InChI is InChI=1S/C22H28N2O2/c1-17-12-20(16-24(14-17)15-19-10-6-3-7-11-19)23-21(22(25)26)13-18-8-4-2-5-9-18/h2-11,17,20-21,23H,12-16H2,1H3,(H,25,26)/t17?,20?,21-/m0/s1. The van der Waals surface area contributed by atoms with Gasteiger partial charge in [-0.05, 0) is 29.9 Å². The molecule has 2 unspecified atom stereocenters. The molecule has 0 aromatic heterocycles. The fourth-order valence-corrected chi connectivity index (χ4v) is 3.91. The van der Waals surface area contributed by atoms with Gasteiger partial charge in [0.15, 0.2) is 0 Å². The van der Waals surface area contributed by atoms with Gasteiger partial charge in [-0.1, -0.05) is 67.6 Å². The Morgan fingerprint density at radius 2 is 1.69 bits per heavy atom. The second-order valence-corrected chi connectivity index (χ2v) is 7.46. The van der Waals surface area contributed by atoms with E-state index in [0.717, 1.165) is 31.6 Å². The van der Waals surface area contributed by atoms with Crippen molar-refractivity contribution >= 4 is 5.97 Å². The van der Waals surface area contributed by atoms with Crippen LogP contribution in [-0.4, -0.2) is 41.1 Å². The fourth-order valence-electron chi connectivity index (χ4n) is 3.91. The van der Waals surface area contributed by atoms with Gasteiger partial charge in [0.25, 0.3) is 0 Å². The molecule has 3 atom stereocenters. The number of piperidine rings is 1. The number of carbonyl (C=O) groups is 1. The number of aliphatic carboxylic acids is 1. The molecule has 4 heteroatoms. The predicted octanol–water partition coefficient (Wildman–Crippen LogP) is 3.18. The van der Waals surface area contributed by atoms with Gasteiger partial charge in [-0.2, -0.15) is 0 Å². The summed E-state index contributed by atoms with van der Waals surface area (Å²) in [7, 11) is 0. The van der Waals surface area contributed by atoms with Crippen LogP contribution in [0.25, 0.3) is 0 Å². The highest BCUT2D eigenvalue weighted by molar-refractivity contribution is 5.74. The van der Waals surface area contributed by atoms with E-state index in [1.54, 1.807) is 0 Å². The maximum absolute atomic E-state index is 11.8. The summed E-state index contributed by atoms with van der Waals surface area (Å²) >= 11 is 0. The minimum absolute atomic E-state index is 0.201.